The second kappa shape index (κ2) is 7.32. The van der Waals surface area contributed by atoms with E-state index in [-0.39, 0.29) is 5.91 Å². The Balaban J connectivity index is 1.73. The maximum Gasteiger partial charge on any atom is 0.224 e. The lowest BCUT2D eigenvalue weighted by molar-refractivity contribution is -0.115. The Morgan fingerprint density at radius 2 is 1.78 bits per heavy atom. The van der Waals surface area contributed by atoms with E-state index in [9.17, 15) is 4.79 Å². The molecule has 0 heterocycles. The van der Waals surface area contributed by atoms with Gasteiger partial charge in [-0.3, -0.25) is 4.79 Å². The van der Waals surface area contributed by atoms with Crippen molar-refractivity contribution in [3.63, 3.8) is 0 Å². The zero-order valence-electron chi connectivity index (χ0n) is 13.6. The van der Waals surface area contributed by atoms with Crippen molar-refractivity contribution in [3.05, 3.63) is 59.7 Å². The summed E-state index contributed by atoms with van der Waals surface area (Å²) in [5.41, 5.74) is 4.84. The van der Waals surface area contributed by atoms with Gasteiger partial charge >= 0.3 is 0 Å². The molecule has 0 radical (unpaired) electrons. The van der Waals surface area contributed by atoms with Gasteiger partial charge in [0.2, 0.25) is 5.91 Å². The van der Waals surface area contributed by atoms with Gasteiger partial charge < -0.3 is 10.6 Å². The minimum atomic E-state index is 0.0448. The van der Waals surface area contributed by atoms with Gasteiger partial charge in [-0.25, -0.2) is 0 Å². The van der Waals surface area contributed by atoms with Crippen LogP contribution < -0.4 is 10.6 Å². The normalized spacial score (nSPS) is 17.0. The first-order valence-corrected chi connectivity index (χ1v) is 8.50. The van der Waals surface area contributed by atoms with E-state index < -0.39 is 0 Å². The molecule has 0 saturated heterocycles. The first kappa shape index (κ1) is 15.6. The smallest absolute Gasteiger partial charge is 0.224 e. The van der Waals surface area contributed by atoms with Gasteiger partial charge in [-0.15, -0.1) is 0 Å². The largest absolute Gasteiger partial charge is 0.378 e. The number of hydrogen-bond acceptors (Lipinski definition) is 2. The molecule has 0 aromatic heterocycles. The number of amides is 1. The molecule has 120 valence electrons. The number of rotatable bonds is 4. The Labute approximate surface area is 138 Å². The zero-order chi connectivity index (χ0) is 16.1. The Morgan fingerprint density at radius 1 is 1.04 bits per heavy atom. The van der Waals surface area contributed by atoms with Gasteiger partial charge in [0, 0.05) is 17.8 Å². The van der Waals surface area contributed by atoms with Crippen molar-refractivity contribution in [2.24, 2.45) is 0 Å². The van der Waals surface area contributed by atoms with Crippen molar-refractivity contribution in [2.75, 3.05) is 10.6 Å². The number of aryl methyl sites for hydroxylation is 1. The zero-order valence-corrected chi connectivity index (χ0v) is 13.6. The van der Waals surface area contributed by atoms with Crippen LogP contribution in [-0.2, 0) is 11.2 Å². The molecule has 2 aromatic rings. The molecule has 3 heteroatoms. The number of carbonyl (C=O) groups excluding carboxylic acids is 1. The molecule has 1 aliphatic carbocycles. The fraction of sp³-hybridized carbons (Fsp3) is 0.350. The van der Waals surface area contributed by atoms with Crippen LogP contribution in [-0.4, -0.2) is 5.91 Å². The minimum absolute atomic E-state index is 0.0448. The lowest BCUT2D eigenvalue weighted by atomic mass is 9.99. The van der Waals surface area contributed by atoms with E-state index >= 15 is 0 Å². The van der Waals surface area contributed by atoms with E-state index in [1.165, 1.54) is 30.4 Å². The molecular formula is C20H24N2O. The highest BCUT2D eigenvalue weighted by molar-refractivity contribution is 5.90. The molecule has 1 unspecified atom stereocenters. The van der Waals surface area contributed by atoms with Gasteiger partial charge in [0.05, 0.1) is 6.04 Å². The van der Waals surface area contributed by atoms with Crippen molar-refractivity contribution in [1.29, 1.82) is 0 Å². The van der Waals surface area contributed by atoms with E-state index in [0.717, 1.165) is 17.8 Å². The van der Waals surface area contributed by atoms with Crippen LogP contribution in [0.3, 0.4) is 0 Å². The summed E-state index contributed by atoms with van der Waals surface area (Å²) >= 11 is 0. The quantitative estimate of drug-likeness (QED) is 0.788. The van der Waals surface area contributed by atoms with Gasteiger partial charge in [-0.05, 0) is 54.7 Å². The van der Waals surface area contributed by atoms with E-state index in [0.29, 0.717) is 12.5 Å². The van der Waals surface area contributed by atoms with Crippen LogP contribution in [0.1, 0.15) is 49.8 Å². The second-order valence-corrected chi connectivity index (χ2v) is 6.12. The molecule has 0 fully saturated rings. The van der Waals surface area contributed by atoms with Crippen LogP contribution in [0.25, 0.3) is 0 Å². The van der Waals surface area contributed by atoms with Crippen LogP contribution in [0.15, 0.2) is 48.5 Å². The average Bonchev–Trinajstić information content (AvgIpc) is 2.79. The van der Waals surface area contributed by atoms with Crippen molar-refractivity contribution in [1.82, 2.24) is 0 Å². The third kappa shape index (κ3) is 3.92. The maximum atomic E-state index is 11.4. The third-order valence-electron chi connectivity index (χ3n) is 4.45. The molecule has 1 aliphatic rings. The highest BCUT2D eigenvalue weighted by Gasteiger charge is 2.17. The average molecular weight is 308 g/mol. The monoisotopic (exact) mass is 308 g/mol. The minimum Gasteiger partial charge on any atom is -0.378 e. The standard InChI is InChI=1S/C20H24N2O/c1-2-20(23)22-17-13-11-16(12-14-17)21-19-10-6-4-8-15-7-3-5-9-18(15)19/h3,5,7,9,11-14,19,21H,2,4,6,8,10H2,1H3,(H,22,23). The molecule has 3 nitrogen and oxygen atoms in total. The summed E-state index contributed by atoms with van der Waals surface area (Å²) in [5, 5.41) is 6.54. The number of anilines is 2. The molecule has 0 aliphatic heterocycles. The van der Waals surface area contributed by atoms with E-state index in [1.54, 1.807) is 0 Å². The molecule has 2 aromatic carbocycles. The predicted molar refractivity (Wildman–Crippen MR) is 95.7 cm³/mol. The molecule has 1 atom stereocenters. The van der Waals surface area contributed by atoms with Crippen molar-refractivity contribution in [3.8, 4) is 0 Å². The summed E-state index contributed by atoms with van der Waals surface area (Å²) in [6.45, 7) is 1.86. The SMILES string of the molecule is CCC(=O)Nc1ccc(NC2CCCCc3ccccc32)cc1. The lowest BCUT2D eigenvalue weighted by Crippen LogP contribution is -2.12. The molecular weight excluding hydrogens is 284 g/mol. The third-order valence-corrected chi connectivity index (χ3v) is 4.45. The summed E-state index contributed by atoms with van der Waals surface area (Å²) in [5.74, 6) is 0.0448. The van der Waals surface area contributed by atoms with Crippen molar-refractivity contribution < 1.29 is 4.79 Å². The Kier molecular flexibility index (Phi) is 4.96. The summed E-state index contributed by atoms with van der Waals surface area (Å²) in [7, 11) is 0. The topological polar surface area (TPSA) is 41.1 Å². The van der Waals surface area contributed by atoms with Gasteiger partial charge in [0.1, 0.15) is 0 Å². The number of fused-ring (bicyclic) bond motifs is 1. The predicted octanol–water partition coefficient (Wildman–Crippen LogP) is 4.91. The molecule has 2 N–H and O–H groups in total. The van der Waals surface area contributed by atoms with Crippen LogP contribution in [0.5, 0.6) is 0 Å². The van der Waals surface area contributed by atoms with Gasteiger partial charge in [-0.1, -0.05) is 37.6 Å². The van der Waals surface area contributed by atoms with Crippen molar-refractivity contribution >= 4 is 17.3 Å². The van der Waals surface area contributed by atoms with Crippen LogP contribution in [0, 0.1) is 0 Å². The number of benzene rings is 2. The molecule has 23 heavy (non-hydrogen) atoms. The van der Waals surface area contributed by atoms with Crippen LogP contribution in [0.4, 0.5) is 11.4 Å². The first-order chi connectivity index (χ1) is 11.3. The van der Waals surface area contributed by atoms with Gasteiger partial charge in [0.15, 0.2) is 0 Å². The molecule has 0 spiro atoms. The van der Waals surface area contributed by atoms with Crippen molar-refractivity contribution in [2.45, 2.75) is 45.1 Å². The Hall–Kier alpha value is -2.29. The van der Waals surface area contributed by atoms with E-state index in [1.807, 2.05) is 31.2 Å². The molecule has 0 bridgehead atoms. The van der Waals surface area contributed by atoms with Crippen LogP contribution in [0.2, 0.25) is 0 Å². The van der Waals surface area contributed by atoms with E-state index in [2.05, 4.69) is 34.9 Å². The van der Waals surface area contributed by atoms with Gasteiger partial charge in [-0.2, -0.15) is 0 Å². The Bertz CT molecular complexity index is 664. The second-order valence-electron chi connectivity index (χ2n) is 6.12. The fourth-order valence-electron chi connectivity index (χ4n) is 3.17. The summed E-state index contributed by atoms with van der Waals surface area (Å²) < 4.78 is 0. The molecule has 0 saturated carbocycles. The lowest BCUT2D eigenvalue weighted by Gasteiger charge is -2.21. The molecule has 1 amide bonds. The first-order valence-electron chi connectivity index (χ1n) is 8.50. The fourth-order valence-corrected chi connectivity index (χ4v) is 3.17. The summed E-state index contributed by atoms with van der Waals surface area (Å²) in [6.07, 6.45) is 5.34. The maximum absolute atomic E-state index is 11.4. The number of nitrogens with one attached hydrogen (secondary N) is 2. The highest BCUT2D eigenvalue weighted by Crippen LogP contribution is 2.31. The summed E-state index contributed by atoms with van der Waals surface area (Å²) in [6, 6.07) is 17.1. The summed E-state index contributed by atoms with van der Waals surface area (Å²) in [4.78, 5) is 11.4. The van der Waals surface area contributed by atoms with Gasteiger partial charge in [0.25, 0.3) is 0 Å². The number of hydrogen-bond donors (Lipinski definition) is 2. The molecule has 3 rings (SSSR count). The Morgan fingerprint density at radius 3 is 2.57 bits per heavy atom. The van der Waals surface area contributed by atoms with E-state index in [4.69, 9.17) is 0 Å². The number of carbonyl (C=O) groups is 1. The highest BCUT2D eigenvalue weighted by atomic mass is 16.1. The van der Waals surface area contributed by atoms with Crippen LogP contribution >= 0.6 is 0 Å².